The van der Waals surface area contributed by atoms with Crippen molar-refractivity contribution >= 4 is 45.2 Å². The van der Waals surface area contributed by atoms with Crippen LogP contribution in [0.1, 0.15) is 25.0 Å². The number of benzene rings is 1. The van der Waals surface area contributed by atoms with Crippen LogP contribution in [0, 0.1) is 3.57 Å². The quantitative estimate of drug-likeness (QED) is 0.582. The van der Waals surface area contributed by atoms with Gasteiger partial charge in [-0.3, -0.25) is 0 Å². The number of hydrogen-bond acceptors (Lipinski definition) is 2. The Morgan fingerprint density at radius 2 is 2.05 bits per heavy atom. The molecule has 0 aliphatic carbocycles. The maximum atomic E-state index is 6.28. The second-order valence-corrected chi connectivity index (χ2v) is 7.04. The summed E-state index contributed by atoms with van der Waals surface area (Å²) in [4.78, 5) is 6.90. The fraction of sp³-hybridized carbons (Fsp3) is 0.500. The van der Waals surface area contributed by atoms with Crippen LogP contribution in [0.4, 0.5) is 0 Å². The lowest BCUT2D eigenvalue weighted by Gasteiger charge is -2.22. The molecular weight excluding hydrogens is 373 g/mol. The Kier molecular flexibility index (Phi) is 4.74. The average Bonchev–Trinajstić information content (AvgIpc) is 2.67. The minimum absolute atomic E-state index is 0.0839. The van der Waals surface area contributed by atoms with Crippen molar-refractivity contribution in [2.75, 3.05) is 14.1 Å². The molecule has 2 aromatic rings. The number of likely N-dealkylation sites (N-methyl/N-ethyl adjacent to an activating group) is 1. The van der Waals surface area contributed by atoms with Crippen LogP contribution in [0.25, 0.3) is 11.0 Å². The minimum Gasteiger partial charge on any atom is -0.325 e. The first-order valence-electron chi connectivity index (χ1n) is 6.36. The van der Waals surface area contributed by atoms with Crippen LogP contribution >= 0.6 is 34.2 Å². The normalized spacial score (nSPS) is 15.1. The molecule has 1 heterocycles. The highest BCUT2D eigenvalue weighted by molar-refractivity contribution is 14.1. The van der Waals surface area contributed by atoms with Gasteiger partial charge in [-0.15, -0.1) is 11.6 Å². The summed E-state index contributed by atoms with van der Waals surface area (Å²) in [6.07, 6.45) is 0. The van der Waals surface area contributed by atoms with E-state index in [0.717, 1.165) is 23.4 Å². The fourth-order valence-corrected chi connectivity index (χ4v) is 2.69. The summed E-state index contributed by atoms with van der Waals surface area (Å²) in [7, 11) is 4.19. The molecule has 0 spiro atoms. The smallest absolute Gasteiger partial charge is 0.127 e. The zero-order valence-corrected chi connectivity index (χ0v) is 14.6. The van der Waals surface area contributed by atoms with E-state index >= 15 is 0 Å². The van der Waals surface area contributed by atoms with E-state index in [9.17, 15) is 0 Å². The number of halogens is 2. The van der Waals surface area contributed by atoms with Gasteiger partial charge in [0, 0.05) is 16.2 Å². The molecule has 0 amide bonds. The van der Waals surface area contributed by atoms with Gasteiger partial charge in [0.2, 0.25) is 0 Å². The number of nitrogens with zero attached hydrogens (tertiary/aromatic N) is 3. The van der Waals surface area contributed by atoms with Crippen molar-refractivity contribution in [1.29, 1.82) is 0 Å². The van der Waals surface area contributed by atoms with Crippen LogP contribution < -0.4 is 0 Å². The Balaban J connectivity index is 2.52. The van der Waals surface area contributed by atoms with Gasteiger partial charge in [-0.25, -0.2) is 4.98 Å². The van der Waals surface area contributed by atoms with Gasteiger partial charge in [0.05, 0.1) is 16.4 Å². The molecule has 0 bridgehead atoms. The van der Waals surface area contributed by atoms with Crippen LogP contribution in [0.5, 0.6) is 0 Å². The molecule has 104 valence electrons. The van der Waals surface area contributed by atoms with Gasteiger partial charge < -0.3 is 9.47 Å². The summed E-state index contributed by atoms with van der Waals surface area (Å²) in [5, 5.41) is -0.0839. The number of aromatic nitrogens is 2. The van der Waals surface area contributed by atoms with Crippen molar-refractivity contribution in [2.45, 2.75) is 31.8 Å². The number of hydrogen-bond donors (Lipinski definition) is 0. The predicted octanol–water partition coefficient (Wildman–Crippen LogP) is 3.89. The molecule has 2 unspecified atom stereocenters. The summed E-state index contributed by atoms with van der Waals surface area (Å²) in [6, 6.07) is 6.79. The van der Waals surface area contributed by atoms with Crippen molar-refractivity contribution in [3.63, 3.8) is 0 Å². The molecule has 5 heteroatoms. The molecule has 1 aromatic heterocycles. The minimum atomic E-state index is -0.0839. The van der Waals surface area contributed by atoms with E-state index in [-0.39, 0.29) is 5.38 Å². The Morgan fingerprint density at radius 3 is 2.63 bits per heavy atom. The first-order valence-corrected chi connectivity index (χ1v) is 7.88. The van der Waals surface area contributed by atoms with Gasteiger partial charge in [-0.2, -0.15) is 0 Å². The molecule has 2 atom stereocenters. The van der Waals surface area contributed by atoms with E-state index in [1.54, 1.807) is 0 Å². The Morgan fingerprint density at radius 1 is 1.37 bits per heavy atom. The molecule has 0 aliphatic heterocycles. The maximum absolute atomic E-state index is 6.28. The standard InChI is InChI=1S/C14H19ClIN3/c1-9(18(3)4)8-19-13-6-5-11(16)7-12(13)17-14(19)10(2)15/h5-7,9-10H,8H2,1-4H3. The lowest BCUT2D eigenvalue weighted by molar-refractivity contribution is 0.284. The van der Waals surface area contributed by atoms with Gasteiger partial charge >= 0.3 is 0 Å². The van der Waals surface area contributed by atoms with Gasteiger partial charge in [0.25, 0.3) is 0 Å². The third kappa shape index (κ3) is 3.23. The molecule has 0 saturated carbocycles. The monoisotopic (exact) mass is 391 g/mol. The fourth-order valence-electron chi connectivity index (χ4n) is 2.04. The van der Waals surface area contributed by atoms with Gasteiger partial charge in [-0.1, -0.05) is 0 Å². The molecule has 0 aliphatic rings. The predicted molar refractivity (Wildman–Crippen MR) is 89.9 cm³/mol. The molecule has 0 fully saturated rings. The highest BCUT2D eigenvalue weighted by Crippen LogP contribution is 2.26. The van der Waals surface area contributed by atoms with E-state index in [1.165, 1.54) is 3.57 Å². The molecule has 2 rings (SSSR count). The molecule has 0 radical (unpaired) electrons. The van der Waals surface area contributed by atoms with Crippen LogP contribution in [-0.2, 0) is 6.54 Å². The highest BCUT2D eigenvalue weighted by atomic mass is 127. The van der Waals surface area contributed by atoms with Crippen molar-refractivity contribution in [1.82, 2.24) is 14.5 Å². The highest BCUT2D eigenvalue weighted by Gasteiger charge is 2.17. The lowest BCUT2D eigenvalue weighted by Crippen LogP contribution is -2.29. The maximum Gasteiger partial charge on any atom is 0.127 e. The summed E-state index contributed by atoms with van der Waals surface area (Å²) >= 11 is 8.60. The zero-order chi connectivity index (χ0) is 14.2. The molecule has 19 heavy (non-hydrogen) atoms. The van der Waals surface area contributed by atoms with E-state index in [2.05, 4.69) is 71.3 Å². The van der Waals surface area contributed by atoms with Gasteiger partial charge in [0.1, 0.15) is 5.82 Å². The second-order valence-electron chi connectivity index (χ2n) is 5.14. The zero-order valence-electron chi connectivity index (χ0n) is 11.7. The van der Waals surface area contributed by atoms with Crippen molar-refractivity contribution in [3.05, 3.63) is 27.6 Å². The number of fused-ring (bicyclic) bond motifs is 1. The molecule has 0 N–H and O–H groups in total. The number of rotatable bonds is 4. The number of imidazole rings is 1. The molecule has 0 saturated heterocycles. The molecule has 1 aromatic carbocycles. The average molecular weight is 392 g/mol. The topological polar surface area (TPSA) is 21.1 Å². The van der Waals surface area contributed by atoms with Crippen LogP contribution in [-0.4, -0.2) is 34.6 Å². The van der Waals surface area contributed by atoms with E-state index in [4.69, 9.17) is 16.6 Å². The first kappa shape index (κ1) is 15.1. The second kappa shape index (κ2) is 5.97. The van der Waals surface area contributed by atoms with Crippen LogP contribution in [0.3, 0.4) is 0 Å². The van der Waals surface area contributed by atoms with Crippen LogP contribution in [0.2, 0.25) is 0 Å². The third-order valence-electron chi connectivity index (χ3n) is 3.42. The summed E-state index contributed by atoms with van der Waals surface area (Å²) in [6.45, 7) is 5.09. The van der Waals surface area contributed by atoms with Crippen molar-refractivity contribution in [3.8, 4) is 0 Å². The SMILES string of the molecule is CC(Cl)c1nc2cc(I)ccc2n1CC(C)N(C)C. The molecular formula is C14H19ClIN3. The van der Waals surface area contributed by atoms with Gasteiger partial charge in [0.15, 0.2) is 0 Å². The Labute approximate surface area is 133 Å². The Hall–Kier alpha value is -0.330. The van der Waals surface area contributed by atoms with Crippen molar-refractivity contribution in [2.24, 2.45) is 0 Å². The Bertz CT molecular complexity index is 577. The van der Waals surface area contributed by atoms with Gasteiger partial charge in [-0.05, 0) is 68.7 Å². The van der Waals surface area contributed by atoms with E-state index in [1.807, 2.05) is 6.92 Å². The first-order chi connectivity index (χ1) is 8.90. The molecule has 3 nitrogen and oxygen atoms in total. The third-order valence-corrected chi connectivity index (χ3v) is 4.29. The van der Waals surface area contributed by atoms with Crippen LogP contribution in [0.15, 0.2) is 18.2 Å². The number of alkyl halides is 1. The van der Waals surface area contributed by atoms with Crippen molar-refractivity contribution < 1.29 is 0 Å². The van der Waals surface area contributed by atoms with E-state index < -0.39 is 0 Å². The summed E-state index contributed by atoms with van der Waals surface area (Å²) in [5.74, 6) is 0.951. The summed E-state index contributed by atoms with van der Waals surface area (Å²) in [5.41, 5.74) is 2.19. The largest absolute Gasteiger partial charge is 0.325 e. The lowest BCUT2D eigenvalue weighted by atomic mass is 10.2. The summed E-state index contributed by atoms with van der Waals surface area (Å²) < 4.78 is 3.44. The van der Waals surface area contributed by atoms with E-state index in [0.29, 0.717) is 6.04 Å².